The molecule has 2 N–H and O–H groups in total. The molecule has 0 radical (unpaired) electrons. The Kier molecular flexibility index (Phi) is 7.80. The van der Waals surface area contributed by atoms with Gasteiger partial charge in [0.05, 0.1) is 18.5 Å². The van der Waals surface area contributed by atoms with E-state index >= 15 is 0 Å². The molecule has 1 saturated heterocycles. The number of hydrogen-bond donors (Lipinski definition) is 2. The van der Waals surface area contributed by atoms with Gasteiger partial charge in [0, 0.05) is 29.0 Å². The van der Waals surface area contributed by atoms with Gasteiger partial charge in [0.15, 0.2) is 0 Å². The van der Waals surface area contributed by atoms with Gasteiger partial charge in [-0.3, -0.25) is 9.59 Å². The van der Waals surface area contributed by atoms with E-state index in [0.717, 1.165) is 35.1 Å². The van der Waals surface area contributed by atoms with Crippen molar-refractivity contribution in [2.24, 2.45) is 5.92 Å². The summed E-state index contributed by atoms with van der Waals surface area (Å²) in [4.78, 5) is 32.8. The van der Waals surface area contributed by atoms with Crippen LogP contribution in [0.2, 0.25) is 5.02 Å². The zero-order valence-electron chi connectivity index (χ0n) is 17.4. The van der Waals surface area contributed by atoms with Gasteiger partial charge in [-0.15, -0.1) is 11.3 Å². The van der Waals surface area contributed by atoms with Crippen molar-refractivity contribution in [3.8, 4) is 0 Å². The van der Waals surface area contributed by atoms with Crippen LogP contribution >= 0.6 is 34.7 Å². The summed E-state index contributed by atoms with van der Waals surface area (Å²) in [5, 5.41) is 6.23. The third-order valence-electron chi connectivity index (χ3n) is 5.54. The van der Waals surface area contributed by atoms with Gasteiger partial charge in [-0.1, -0.05) is 23.7 Å². The molecule has 170 valence electrons. The Morgan fingerprint density at radius 2 is 2.12 bits per heavy atom. The number of piperidine rings is 1. The summed E-state index contributed by atoms with van der Waals surface area (Å²) in [6.07, 6.45) is 3.38. The zero-order chi connectivity index (χ0) is 22.5. The van der Waals surface area contributed by atoms with Gasteiger partial charge in [0.25, 0.3) is 5.56 Å². The number of thiophene rings is 1. The van der Waals surface area contributed by atoms with Gasteiger partial charge in [0.2, 0.25) is 5.82 Å². The van der Waals surface area contributed by atoms with Crippen molar-refractivity contribution in [1.82, 2.24) is 19.7 Å². The fourth-order valence-electron chi connectivity index (χ4n) is 3.80. The van der Waals surface area contributed by atoms with Crippen LogP contribution in [0.5, 0.6) is 0 Å². The van der Waals surface area contributed by atoms with Gasteiger partial charge in [0.1, 0.15) is 4.83 Å². The van der Waals surface area contributed by atoms with Crippen LogP contribution in [0.3, 0.4) is 0 Å². The van der Waals surface area contributed by atoms with E-state index in [4.69, 9.17) is 28.1 Å². The molecular weight excluding hydrogens is 471 g/mol. The zero-order valence-corrected chi connectivity index (χ0v) is 19.7. The monoisotopic (exact) mass is 494 g/mol. The second kappa shape index (κ2) is 10.8. The van der Waals surface area contributed by atoms with E-state index in [1.807, 2.05) is 11.4 Å². The highest BCUT2D eigenvalue weighted by Crippen LogP contribution is 2.23. The third-order valence-corrected chi connectivity index (χ3v) is 6.97. The molecule has 0 spiro atoms. The standard InChI is InChI=1S/C22H24Cl2N4O3S/c23-17-3-1-2-15(10-17)11-28(24)22(30)19-26-20(29)18-16(13-32-21(18)27-19)12-31-9-6-14-4-7-25-8-5-14/h1-3,10,13-14,25H,4-9,11-12H2,(H,26,27,29). The quantitative estimate of drug-likeness (QED) is 0.359. The van der Waals surface area contributed by atoms with Crippen LogP contribution in [-0.4, -0.2) is 40.0 Å². The number of halogens is 2. The second-order valence-electron chi connectivity index (χ2n) is 7.85. The number of aromatic amines is 1. The maximum atomic E-state index is 12.7. The largest absolute Gasteiger partial charge is 0.377 e. The minimum Gasteiger partial charge on any atom is -0.377 e. The van der Waals surface area contributed by atoms with Gasteiger partial charge < -0.3 is 15.0 Å². The van der Waals surface area contributed by atoms with Crippen LogP contribution in [0.4, 0.5) is 0 Å². The number of carbonyl (C=O) groups is 1. The van der Waals surface area contributed by atoms with Crippen molar-refractivity contribution in [2.45, 2.75) is 32.4 Å². The number of nitrogens with one attached hydrogen (secondary N) is 2. The van der Waals surface area contributed by atoms with Gasteiger partial charge in [-0.2, -0.15) is 0 Å². The van der Waals surface area contributed by atoms with Gasteiger partial charge in [-0.05, 0) is 61.3 Å². The van der Waals surface area contributed by atoms with Gasteiger partial charge in [-0.25, -0.2) is 9.40 Å². The molecule has 0 aliphatic carbocycles. The van der Waals surface area contributed by atoms with Crippen LogP contribution < -0.4 is 10.9 Å². The lowest BCUT2D eigenvalue weighted by Crippen LogP contribution is -2.28. The highest BCUT2D eigenvalue weighted by molar-refractivity contribution is 7.16. The smallest absolute Gasteiger partial charge is 0.304 e. The topological polar surface area (TPSA) is 87.3 Å². The molecule has 0 bridgehead atoms. The molecule has 2 aromatic heterocycles. The molecular formula is C22H24Cl2N4O3S. The summed E-state index contributed by atoms with van der Waals surface area (Å²) in [7, 11) is 0. The maximum Gasteiger partial charge on any atom is 0.304 e. The van der Waals surface area contributed by atoms with Crippen LogP contribution in [-0.2, 0) is 17.9 Å². The Morgan fingerprint density at radius 3 is 2.91 bits per heavy atom. The Hall–Kier alpha value is -1.97. The number of rotatable bonds is 8. The third kappa shape index (κ3) is 5.68. The van der Waals surface area contributed by atoms with E-state index in [1.165, 1.54) is 24.2 Å². The molecule has 10 heteroatoms. The first-order valence-electron chi connectivity index (χ1n) is 10.5. The number of hydrogen-bond acceptors (Lipinski definition) is 6. The minimum absolute atomic E-state index is 0.0974. The van der Waals surface area contributed by atoms with Crippen molar-refractivity contribution < 1.29 is 9.53 Å². The summed E-state index contributed by atoms with van der Waals surface area (Å²) >= 11 is 13.5. The molecule has 1 aliphatic heterocycles. The number of aromatic nitrogens is 2. The molecule has 1 fully saturated rings. The minimum atomic E-state index is -0.584. The summed E-state index contributed by atoms with van der Waals surface area (Å²) in [5.41, 5.74) is 1.18. The summed E-state index contributed by atoms with van der Waals surface area (Å²) in [6, 6.07) is 7.05. The fraction of sp³-hybridized carbons (Fsp3) is 0.409. The van der Waals surface area contributed by atoms with E-state index in [9.17, 15) is 9.59 Å². The number of H-pyrrole nitrogens is 1. The predicted molar refractivity (Wildman–Crippen MR) is 127 cm³/mol. The lowest BCUT2D eigenvalue weighted by molar-refractivity contribution is 0.0846. The molecule has 0 atom stereocenters. The number of fused-ring (bicyclic) bond motifs is 1. The van der Waals surface area contributed by atoms with Crippen molar-refractivity contribution in [3.05, 3.63) is 62.0 Å². The first kappa shape index (κ1) is 23.2. The Bertz CT molecular complexity index is 1140. The van der Waals surface area contributed by atoms with Crippen LogP contribution in [0.15, 0.2) is 34.4 Å². The molecule has 1 amide bonds. The average molecular weight is 495 g/mol. The number of benzene rings is 1. The predicted octanol–water partition coefficient (Wildman–Crippen LogP) is 4.34. The van der Waals surface area contributed by atoms with Crippen molar-refractivity contribution in [3.63, 3.8) is 0 Å². The number of nitrogens with zero attached hydrogens (tertiary/aromatic N) is 2. The number of carbonyl (C=O) groups excluding carboxylic acids is 1. The average Bonchev–Trinajstić information content (AvgIpc) is 3.20. The summed E-state index contributed by atoms with van der Waals surface area (Å²) < 4.78 is 6.81. The van der Waals surface area contributed by atoms with Crippen molar-refractivity contribution in [2.75, 3.05) is 19.7 Å². The van der Waals surface area contributed by atoms with Crippen LogP contribution in [0.1, 0.15) is 41.0 Å². The highest BCUT2D eigenvalue weighted by Gasteiger charge is 2.20. The van der Waals surface area contributed by atoms with Crippen molar-refractivity contribution >= 4 is 50.8 Å². The Morgan fingerprint density at radius 1 is 1.31 bits per heavy atom. The summed E-state index contributed by atoms with van der Waals surface area (Å²) in [5.74, 6) is 0.0121. The highest BCUT2D eigenvalue weighted by atomic mass is 35.5. The lowest BCUT2D eigenvalue weighted by atomic mass is 9.95. The Balaban J connectivity index is 1.40. The SMILES string of the molecule is O=C(c1nc2scc(COCCC3CCNCC3)c2c(=O)[nH]1)N(Cl)Cc1cccc(Cl)c1. The molecule has 7 nitrogen and oxygen atoms in total. The van der Waals surface area contributed by atoms with Crippen LogP contribution in [0, 0.1) is 5.92 Å². The van der Waals surface area contributed by atoms with Crippen LogP contribution in [0.25, 0.3) is 10.2 Å². The van der Waals surface area contributed by atoms with Gasteiger partial charge >= 0.3 is 5.91 Å². The lowest BCUT2D eigenvalue weighted by Gasteiger charge is -2.22. The fourth-order valence-corrected chi connectivity index (χ4v) is 5.16. The molecule has 1 aromatic carbocycles. The molecule has 32 heavy (non-hydrogen) atoms. The first-order chi connectivity index (χ1) is 15.5. The van der Waals surface area contributed by atoms with E-state index in [-0.39, 0.29) is 17.9 Å². The molecule has 3 heterocycles. The molecule has 4 rings (SSSR count). The van der Waals surface area contributed by atoms with E-state index < -0.39 is 5.91 Å². The first-order valence-corrected chi connectivity index (χ1v) is 12.1. The molecule has 3 aromatic rings. The number of ether oxygens (including phenoxy) is 1. The summed E-state index contributed by atoms with van der Waals surface area (Å²) in [6.45, 7) is 3.28. The normalized spacial score (nSPS) is 14.7. The van der Waals surface area contributed by atoms with Crippen molar-refractivity contribution in [1.29, 1.82) is 0 Å². The second-order valence-corrected chi connectivity index (χ2v) is 9.55. The van der Waals surface area contributed by atoms with E-state index in [1.54, 1.807) is 18.2 Å². The molecule has 1 aliphatic rings. The number of amides is 1. The van der Waals surface area contributed by atoms with E-state index in [0.29, 0.717) is 34.4 Å². The Labute approximate surface area is 199 Å². The molecule has 0 unspecified atom stereocenters. The molecule has 0 saturated carbocycles. The maximum absolute atomic E-state index is 12.7. The van der Waals surface area contributed by atoms with E-state index in [2.05, 4.69) is 15.3 Å².